The molecule has 23 heavy (non-hydrogen) atoms. The fraction of sp³-hybridized carbons (Fsp3) is 0.389. The first-order valence-corrected chi connectivity index (χ1v) is 7.98. The third-order valence-electron chi connectivity index (χ3n) is 3.64. The second-order valence-corrected chi connectivity index (χ2v) is 5.68. The van der Waals surface area contributed by atoms with Crippen LogP contribution in [0.5, 0.6) is 0 Å². The van der Waals surface area contributed by atoms with E-state index in [1.165, 1.54) is 5.56 Å². The molecule has 0 saturated heterocycles. The highest BCUT2D eigenvalue weighted by Crippen LogP contribution is 2.08. The SMILES string of the molecule is CCCCN(C)C(=O)c1ccnc(NCc2ccc(C)cc2)n1. The molecule has 0 spiro atoms. The average molecular weight is 312 g/mol. The van der Waals surface area contributed by atoms with Crippen molar-refractivity contribution >= 4 is 11.9 Å². The number of aromatic nitrogens is 2. The highest BCUT2D eigenvalue weighted by molar-refractivity contribution is 5.92. The van der Waals surface area contributed by atoms with E-state index >= 15 is 0 Å². The van der Waals surface area contributed by atoms with Gasteiger partial charge in [0.25, 0.3) is 5.91 Å². The van der Waals surface area contributed by atoms with Gasteiger partial charge in [-0.15, -0.1) is 0 Å². The Morgan fingerprint density at radius 2 is 1.96 bits per heavy atom. The van der Waals surface area contributed by atoms with E-state index in [1.807, 2.05) is 0 Å². The van der Waals surface area contributed by atoms with Crippen LogP contribution in [0.3, 0.4) is 0 Å². The van der Waals surface area contributed by atoms with E-state index in [9.17, 15) is 4.79 Å². The summed E-state index contributed by atoms with van der Waals surface area (Å²) in [5, 5.41) is 3.16. The fourth-order valence-electron chi connectivity index (χ4n) is 2.14. The van der Waals surface area contributed by atoms with Crippen molar-refractivity contribution in [3.8, 4) is 0 Å². The maximum absolute atomic E-state index is 12.3. The van der Waals surface area contributed by atoms with Crippen molar-refractivity contribution in [1.29, 1.82) is 0 Å². The Kier molecular flexibility index (Phi) is 6.09. The zero-order valence-electron chi connectivity index (χ0n) is 14.0. The van der Waals surface area contributed by atoms with Crippen LogP contribution in [0.15, 0.2) is 36.5 Å². The number of anilines is 1. The van der Waals surface area contributed by atoms with Gasteiger partial charge in [0, 0.05) is 26.3 Å². The molecule has 1 heterocycles. The number of carbonyl (C=O) groups is 1. The molecule has 0 aliphatic carbocycles. The molecule has 2 rings (SSSR count). The molecule has 0 atom stereocenters. The summed E-state index contributed by atoms with van der Waals surface area (Å²) < 4.78 is 0. The van der Waals surface area contributed by atoms with Crippen molar-refractivity contribution in [1.82, 2.24) is 14.9 Å². The largest absolute Gasteiger partial charge is 0.350 e. The van der Waals surface area contributed by atoms with Gasteiger partial charge in [-0.1, -0.05) is 43.2 Å². The molecule has 0 fully saturated rings. The van der Waals surface area contributed by atoms with Crippen LogP contribution in [0.4, 0.5) is 5.95 Å². The van der Waals surface area contributed by atoms with Crippen LogP contribution >= 0.6 is 0 Å². The first-order valence-electron chi connectivity index (χ1n) is 7.98. The van der Waals surface area contributed by atoms with Crippen LogP contribution in [0, 0.1) is 6.92 Å². The van der Waals surface area contributed by atoms with Crippen molar-refractivity contribution in [3.05, 3.63) is 53.3 Å². The van der Waals surface area contributed by atoms with Crippen LogP contribution in [0.1, 0.15) is 41.4 Å². The van der Waals surface area contributed by atoms with Gasteiger partial charge in [-0.3, -0.25) is 4.79 Å². The maximum atomic E-state index is 12.3. The summed E-state index contributed by atoms with van der Waals surface area (Å²) in [5.41, 5.74) is 2.80. The lowest BCUT2D eigenvalue weighted by atomic mass is 10.1. The topological polar surface area (TPSA) is 58.1 Å². The molecule has 0 aliphatic rings. The van der Waals surface area contributed by atoms with Crippen LogP contribution in [-0.4, -0.2) is 34.4 Å². The molecule has 0 bridgehead atoms. The Labute approximate surface area is 137 Å². The smallest absolute Gasteiger partial charge is 0.272 e. The van der Waals surface area contributed by atoms with Gasteiger partial charge in [0.15, 0.2) is 0 Å². The summed E-state index contributed by atoms with van der Waals surface area (Å²) in [5.74, 6) is 0.402. The van der Waals surface area contributed by atoms with E-state index in [-0.39, 0.29) is 5.91 Å². The predicted molar refractivity (Wildman–Crippen MR) is 92.4 cm³/mol. The Morgan fingerprint density at radius 1 is 1.22 bits per heavy atom. The predicted octanol–water partition coefficient (Wildman–Crippen LogP) is 3.27. The van der Waals surface area contributed by atoms with Gasteiger partial charge in [-0.25, -0.2) is 9.97 Å². The highest BCUT2D eigenvalue weighted by Gasteiger charge is 2.13. The molecule has 5 nitrogen and oxygen atoms in total. The Hall–Kier alpha value is -2.43. The van der Waals surface area contributed by atoms with Crippen LogP contribution < -0.4 is 5.32 Å². The number of aryl methyl sites for hydroxylation is 1. The molecule has 0 unspecified atom stereocenters. The Morgan fingerprint density at radius 3 is 2.65 bits per heavy atom. The summed E-state index contributed by atoms with van der Waals surface area (Å²) >= 11 is 0. The number of rotatable bonds is 7. The molecular formula is C18H24N4O. The number of nitrogens with one attached hydrogen (secondary N) is 1. The van der Waals surface area contributed by atoms with Crippen molar-refractivity contribution < 1.29 is 4.79 Å². The number of nitrogens with zero attached hydrogens (tertiary/aromatic N) is 3. The minimum Gasteiger partial charge on any atom is -0.350 e. The van der Waals surface area contributed by atoms with E-state index < -0.39 is 0 Å². The fourth-order valence-corrected chi connectivity index (χ4v) is 2.14. The third-order valence-corrected chi connectivity index (χ3v) is 3.64. The van der Waals surface area contributed by atoms with Crippen molar-refractivity contribution in [2.24, 2.45) is 0 Å². The molecule has 2 aromatic rings. The van der Waals surface area contributed by atoms with Crippen molar-refractivity contribution in [3.63, 3.8) is 0 Å². The lowest BCUT2D eigenvalue weighted by molar-refractivity contribution is 0.0787. The van der Waals surface area contributed by atoms with Gasteiger partial charge >= 0.3 is 0 Å². The minimum absolute atomic E-state index is 0.0702. The number of benzene rings is 1. The van der Waals surface area contributed by atoms with Gasteiger partial charge in [-0.2, -0.15) is 0 Å². The summed E-state index contributed by atoms with van der Waals surface area (Å²) in [4.78, 5) is 22.5. The summed E-state index contributed by atoms with van der Waals surface area (Å²) in [6.45, 7) is 5.54. The van der Waals surface area contributed by atoms with Gasteiger partial charge < -0.3 is 10.2 Å². The molecule has 1 aromatic carbocycles. The quantitative estimate of drug-likeness (QED) is 0.852. The Balaban J connectivity index is 1.98. The maximum Gasteiger partial charge on any atom is 0.272 e. The molecule has 1 N–H and O–H groups in total. The normalized spacial score (nSPS) is 10.4. The average Bonchev–Trinajstić information content (AvgIpc) is 2.58. The molecule has 0 radical (unpaired) electrons. The summed E-state index contributed by atoms with van der Waals surface area (Å²) in [6, 6.07) is 9.93. The minimum atomic E-state index is -0.0702. The van der Waals surface area contributed by atoms with Crippen LogP contribution in [0.25, 0.3) is 0 Å². The van der Waals surface area contributed by atoms with Gasteiger partial charge in [0.2, 0.25) is 5.95 Å². The standard InChI is InChI=1S/C18H24N4O/c1-4-5-12-22(3)17(23)16-10-11-19-18(21-16)20-13-15-8-6-14(2)7-9-15/h6-11H,4-5,12-13H2,1-3H3,(H,19,20,21). The molecular weight excluding hydrogens is 288 g/mol. The van der Waals surface area contributed by atoms with Crippen molar-refractivity contribution in [2.75, 3.05) is 18.9 Å². The lowest BCUT2D eigenvalue weighted by Crippen LogP contribution is -2.28. The van der Waals surface area contributed by atoms with E-state index in [0.29, 0.717) is 18.2 Å². The Bertz CT molecular complexity index is 640. The summed E-state index contributed by atoms with van der Waals surface area (Å²) in [7, 11) is 1.81. The number of hydrogen-bond acceptors (Lipinski definition) is 4. The van der Waals surface area contributed by atoms with E-state index in [4.69, 9.17) is 0 Å². The first-order chi connectivity index (χ1) is 11.1. The molecule has 1 aromatic heterocycles. The molecule has 5 heteroatoms. The second-order valence-electron chi connectivity index (χ2n) is 5.68. The lowest BCUT2D eigenvalue weighted by Gasteiger charge is -2.16. The third kappa shape index (κ3) is 5.06. The van der Waals surface area contributed by atoms with E-state index in [0.717, 1.165) is 24.9 Å². The van der Waals surface area contributed by atoms with Gasteiger partial charge in [0.1, 0.15) is 5.69 Å². The van der Waals surface area contributed by atoms with Gasteiger partial charge in [-0.05, 0) is 25.0 Å². The van der Waals surface area contributed by atoms with Gasteiger partial charge in [0.05, 0.1) is 0 Å². The van der Waals surface area contributed by atoms with E-state index in [1.54, 1.807) is 24.2 Å². The number of hydrogen-bond donors (Lipinski definition) is 1. The number of unbranched alkanes of at least 4 members (excludes halogenated alkanes) is 1. The molecule has 122 valence electrons. The zero-order valence-corrected chi connectivity index (χ0v) is 14.0. The zero-order chi connectivity index (χ0) is 16.7. The monoisotopic (exact) mass is 312 g/mol. The highest BCUT2D eigenvalue weighted by atomic mass is 16.2. The molecule has 1 amide bonds. The van der Waals surface area contributed by atoms with Crippen LogP contribution in [0.2, 0.25) is 0 Å². The van der Waals surface area contributed by atoms with Crippen molar-refractivity contribution in [2.45, 2.75) is 33.2 Å². The molecule has 0 saturated carbocycles. The summed E-state index contributed by atoms with van der Waals surface area (Å²) in [6.07, 6.45) is 3.67. The first kappa shape index (κ1) is 16.9. The molecule has 0 aliphatic heterocycles. The van der Waals surface area contributed by atoms with E-state index in [2.05, 4.69) is 53.4 Å². The second kappa shape index (κ2) is 8.27. The van der Waals surface area contributed by atoms with Crippen LogP contribution in [-0.2, 0) is 6.54 Å². The number of amides is 1. The number of carbonyl (C=O) groups excluding carboxylic acids is 1.